The fourth-order valence-electron chi connectivity index (χ4n) is 2.10. The maximum Gasteiger partial charge on any atom is 0.244 e. The first-order valence-corrected chi connectivity index (χ1v) is 5.71. The van der Waals surface area contributed by atoms with Crippen LogP contribution < -0.4 is 11.1 Å². The van der Waals surface area contributed by atoms with Gasteiger partial charge >= 0.3 is 0 Å². The number of nitrogens with two attached hydrogens (primary N) is 1. The molecule has 0 spiro atoms. The number of nitrogens with one attached hydrogen (secondary N) is 2. The SMILES string of the molecule is Cl.NC1(C(=O)Nc2cccc3cn[nH]c23)CCC1. The van der Waals surface area contributed by atoms with Crippen molar-refractivity contribution in [1.29, 1.82) is 0 Å². The molecule has 1 aliphatic carbocycles. The smallest absolute Gasteiger partial charge is 0.244 e. The van der Waals surface area contributed by atoms with E-state index in [1.54, 1.807) is 6.20 Å². The Kier molecular flexibility index (Phi) is 3.28. The Bertz CT molecular complexity index is 576. The lowest BCUT2D eigenvalue weighted by molar-refractivity contribution is -0.123. The maximum absolute atomic E-state index is 12.0. The van der Waals surface area contributed by atoms with E-state index < -0.39 is 5.54 Å². The predicted octanol–water partition coefficient (Wildman–Crippen LogP) is 1.80. The molecule has 2 aromatic rings. The van der Waals surface area contributed by atoms with Gasteiger partial charge in [-0.15, -0.1) is 12.4 Å². The van der Waals surface area contributed by atoms with Crippen LogP contribution in [0.25, 0.3) is 10.9 Å². The van der Waals surface area contributed by atoms with E-state index in [2.05, 4.69) is 15.5 Å². The van der Waals surface area contributed by atoms with E-state index in [4.69, 9.17) is 5.73 Å². The molecular weight excluding hydrogens is 252 g/mol. The molecule has 0 atom stereocenters. The number of aromatic amines is 1. The van der Waals surface area contributed by atoms with Gasteiger partial charge in [-0.1, -0.05) is 12.1 Å². The zero-order valence-electron chi connectivity index (χ0n) is 9.77. The third-order valence-electron chi connectivity index (χ3n) is 3.42. The number of fused-ring (bicyclic) bond motifs is 1. The van der Waals surface area contributed by atoms with E-state index in [9.17, 15) is 4.79 Å². The fraction of sp³-hybridized carbons (Fsp3) is 0.333. The van der Waals surface area contributed by atoms with Crippen molar-refractivity contribution in [2.75, 3.05) is 5.32 Å². The summed E-state index contributed by atoms with van der Waals surface area (Å²) < 4.78 is 0. The van der Waals surface area contributed by atoms with E-state index in [1.165, 1.54) is 0 Å². The highest BCUT2D eigenvalue weighted by atomic mass is 35.5. The molecule has 0 saturated heterocycles. The summed E-state index contributed by atoms with van der Waals surface area (Å²) in [6.07, 6.45) is 4.28. The third-order valence-corrected chi connectivity index (χ3v) is 3.42. The highest BCUT2D eigenvalue weighted by Crippen LogP contribution is 2.31. The van der Waals surface area contributed by atoms with Gasteiger partial charge in [-0.2, -0.15) is 5.10 Å². The molecule has 6 heteroatoms. The first-order valence-electron chi connectivity index (χ1n) is 5.71. The number of hydrogen-bond acceptors (Lipinski definition) is 3. The number of para-hydroxylation sites is 1. The zero-order chi connectivity index (χ0) is 11.9. The number of amides is 1. The average Bonchev–Trinajstić information content (AvgIpc) is 2.75. The van der Waals surface area contributed by atoms with Crippen LogP contribution in [0, 0.1) is 0 Å². The Morgan fingerprint density at radius 2 is 2.22 bits per heavy atom. The Labute approximate surface area is 111 Å². The second-order valence-electron chi connectivity index (χ2n) is 4.60. The lowest BCUT2D eigenvalue weighted by atomic mass is 9.77. The molecule has 0 radical (unpaired) electrons. The highest BCUT2D eigenvalue weighted by molar-refractivity contribution is 6.04. The van der Waals surface area contributed by atoms with Crippen LogP contribution in [0.1, 0.15) is 19.3 Å². The minimum Gasteiger partial charge on any atom is -0.323 e. The number of hydrogen-bond donors (Lipinski definition) is 3. The average molecular weight is 267 g/mol. The number of carbonyl (C=O) groups is 1. The second-order valence-corrected chi connectivity index (χ2v) is 4.60. The van der Waals surface area contributed by atoms with E-state index in [1.807, 2.05) is 18.2 Å². The van der Waals surface area contributed by atoms with Crippen LogP contribution in [0.15, 0.2) is 24.4 Å². The van der Waals surface area contributed by atoms with Gasteiger partial charge in [0.05, 0.1) is 22.9 Å². The number of rotatable bonds is 2. The Morgan fingerprint density at radius 1 is 1.44 bits per heavy atom. The number of aromatic nitrogens is 2. The summed E-state index contributed by atoms with van der Waals surface area (Å²) >= 11 is 0. The molecule has 4 N–H and O–H groups in total. The summed E-state index contributed by atoms with van der Waals surface area (Å²) in [6, 6.07) is 5.67. The normalized spacial score (nSPS) is 16.7. The molecule has 1 aromatic heterocycles. The number of nitrogens with zero attached hydrogens (tertiary/aromatic N) is 1. The van der Waals surface area contributed by atoms with Crippen LogP contribution >= 0.6 is 12.4 Å². The topological polar surface area (TPSA) is 83.8 Å². The van der Waals surface area contributed by atoms with Crippen molar-refractivity contribution in [2.45, 2.75) is 24.8 Å². The number of H-pyrrole nitrogens is 1. The maximum atomic E-state index is 12.0. The summed E-state index contributed by atoms with van der Waals surface area (Å²) in [6.45, 7) is 0. The summed E-state index contributed by atoms with van der Waals surface area (Å²) in [5.41, 5.74) is 6.87. The fourth-order valence-corrected chi connectivity index (χ4v) is 2.10. The molecule has 1 heterocycles. The van der Waals surface area contributed by atoms with Crippen LogP contribution in [0.2, 0.25) is 0 Å². The number of halogens is 1. The minimum absolute atomic E-state index is 0. The molecule has 18 heavy (non-hydrogen) atoms. The lowest BCUT2D eigenvalue weighted by Crippen LogP contribution is -2.56. The quantitative estimate of drug-likeness (QED) is 0.775. The van der Waals surface area contributed by atoms with Gasteiger partial charge in [0.25, 0.3) is 0 Å². The molecule has 1 fully saturated rings. The molecule has 1 aliphatic rings. The van der Waals surface area contributed by atoms with Crippen LogP contribution in [-0.4, -0.2) is 21.6 Å². The zero-order valence-corrected chi connectivity index (χ0v) is 10.6. The first kappa shape index (κ1) is 12.9. The van der Waals surface area contributed by atoms with Crippen LogP contribution in [0.3, 0.4) is 0 Å². The Hall–Kier alpha value is -1.59. The van der Waals surface area contributed by atoms with E-state index in [-0.39, 0.29) is 18.3 Å². The molecule has 0 aliphatic heterocycles. The Morgan fingerprint density at radius 3 is 2.89 bits per heavy atom. The molecule has 1 saturated carbocycles. The van der Waals surface area contributed by atoms with Crippen molar-refractivity contribution in [3.05, 3.63) is 24.4 Å². The monoisotopic (exact) mass is 266 g/mol. The van der Waals surface area contributed by atoms with E-state index >= 15 is 0 Å². The van der Waals surface area contributed by atoms with Crippen molar-refractivity contribution >= 4 is 34.9 Å². The first-order chi connectivity index (χ1) is 8.19. The van der Waals surface area contributed by atoms with E-state index in [0.29, 0.717) is 0 Å². The van der Waals surface area contributed by atoms with Gasteiger partial charge in [-0.25, -0.2) is 0 Å². The van der Waals surface area contributed by atoms with Gasteiger partial charge in [0.2, 0.25) is 5.91 Å². The molecule has 1 amide bonds. The second kappa shape index (κ2) is 4.59. The van der Waals surface area contributed by atoms with Gasteiger partial charge in [-0.3, -0.25) is 9.89 Å². The van der Waals surface area contributed by atoms with Crippen molar-refractivity contribution in [1.82, 2.24) is 10.2 Å². The summed E-state index contributed by atoms with van der Waals surface area (Å²) in [7, 11) is 0. The van der Waals surface area contributed by atoms with Crippen LogP contribution in [0.5, 0.6) is 0 Å². The molecule has 96 valence electrons. The highest BCUT2D eigenvalue weighted by Gasteiger charge is 2.40. The molecule has 5 nitrogen and oxygen atoms in total. The molecule has 0 unspecified atom stereocenters. The lowest BCUT2D eigenvalue weighted by Gasteiger charge is -2.36. The number of carbonyl (C=O) groups excluding carboxylic acids is 1. The third kappa shape index (κ3) is 1.95. The molecule has 3 rings (SSSR count). The predicted molar refractivity (Wildman–Crippen MR) is 72.7 cm³/mol. The van der Waals surface area contributed by atoms with Gasteiger partial charge in [0.1, 0.15) is 0 Å². The van der Waals surface area contributed by atoms with Crippen molar-refractivity contribution in [2.24, 2.45) is 5.73 Å². The number of benzene rings is 1. The van der Waals surface area contributed by atoms with Gasteiger partial charge in [-0.05, 0) is 25.3 Å². The molecular formula is C12H15ClN4O. The van der Waals surface area contributed by atoms with Crippen molar-refractivity contribution in [3.63, 3.8) is 0 Å². The van der Waals surface area contributed by atoms with Gasteiger partial charge in [0.15, 0.2) is 0 Å². The summed E-state index contributed by atoms with van der Waals surface area (Å²) in [4.78, 5) is 12.0. The summed E-state index contributed by atoms with van der Waals surface area (Å²) in [5, 5.41) is 10.7. The summed E-state index contributed by atoms with van der Waals surface area (Å²) in [5.74, 6) is -0.106. The van der Waals surface area contributed by atoms with Crippen LogP contribution in [-0.2, 0) is 4.79 Å². The van der Waals surface area contributed by atoms with Gasteiger partial charge < -0.3 is 11.1 Å². The molecule has 1 aromatic carbocycles. The minimum atomic E-state index is -0.678. The standard InChI is InChI=1S/C12H14N4O.ClH/c13-12(5-2-6-12)11(17)15-9-4-1-3-8-7-14-16-10(8)9;/h1,3-4,7H,2,5-6,13H2,(H,14,16)(H,15,17);1H. The van der Waals surface area contributed by atoms with Crippen LogP contribution in [0.4, 0.5) is 5.69 Å². The number of anilines is 1. The molecule has 0 bridgehead atoms. The van der Waals surface area contributed by atoms with Crippen molar-refractivity contribution < 1.29 is 4.79 Å². The largest absolute Gasteiger partial charge is 0.323 e. The van der Waals surface area contributed by atoms with E-state index in [0.717, 1.165) is 35.9 Å². The van der Waals surface area contributed by atoms with Crippen molar-refractivity contribution in [3.8, 4) is 0 Å². The van der Waals surface area contributed by atoms with Gasteiger partial charge in [0, 0.05) is 5.39 Å². The Balaban J connectivity index is 0.00000120.